The zero-order valence-corrected chi connectivity index (χ0v) is 11.7. The maximum absolute atomic E-state index is 11.9. The molecule has 1 rings (SSSR count). The molecule has 0 unspecified atom stereocenters. The van der Waals surface area contributed by atoms with E-state index < -0.39 is 22.0 Å². The summed E-state index contributed by atoms with van der Waals surface area (Å²) in [7, 11) is -3.79. The Balaban J connectivity index is 2.93. The van der Waals surface area contributed by atoms with Crippen LogP contribution in [0.5, 0.6) is 0 Å². The third-order valence-corrected chi connectivity index (χ3v) is 4.41. The van der Waals surface area contributed by atoms with Crippen molar-refractivity contribution in [2.75, 3.05) is 12.0 Å². The SMILES string of the molecule is CSC[C@@H](NS(=O)(=O)c1ccc(C)cc1)C(=O)O. The van der Waals surface area contributed by atoms with Gasteiger partial charge in [0, 0.05) is 5.75 Å². The Bertz CT molecular complexity index is 510. The quantitative estimate of drug-likeness (QED) is 0.819. The number of nitrogens with one attached hydrogen (secondary N) is 1. The Morgan fingerprint density at radius 3 is 2.39 bits per heavy atom. The lowest BCUT2D eigenvalue weighted by Crippen LogP contribution is -2.42. The van der Waals surface area contributed by atoms with Crippen molar-refractivity contribution in [2.45, 2.75) is 17.9 Å². The Morgan fingerprint density at radius 1 is 1.39 bits per heavy atom. The van der Waals surface area contributed by atoms with Crippen molar-refractivity contribution in [1.29, 1.82) is 0 Å². The molecule has 0 saturated heterocycles. The molecule has 0 aliphatic heterocycles. The van der Waals surface area contributed by atoms with E-state index in [1.807, 2.05) is 6.92 Å². The van der Waals surface area contributed by atoms with Crippen molar-refractivity contribution in [3.05, 3.63) is 29.8 Å². The Kier molecular flexibility index (Phi) is 5.18. The molecule has 100 valence electrons. The van der Waals surface area contributed by atoms with Crippen molar-refractivity contribution in [1.82, 2.24) is 4.72 Å². The molecule has 0 aromatic heterocycles. The molecular weight excluding hydrogens is 274 g/mol. The van der Waals surface area contributed by atoms with Gasteiger partial charge in [-0.1, -0.05) is 17.7 Å². The monoisotopic (exact) mass is 289 g/mol. The number of sulfonamides is 1. The highest BCUT2D eigenvalue weighted by atomic mass is 32.2. The predicted molar refractivity (Wildman–Crippen MR) is 71.3 cm³/mol. The van der Waals surface area contributed by atoms with Crippen LogP contribution in [0.4, 0.5) is 0 Å². The number of hydrogen-bond donors (Lipinski definition) is 2. The number of benzene rings is 1. The maximum atomic E-state index is 11.9. The minimum Gasteiger partial charge on any atom is -0.480 e. The lowest BCUT2D eigenvalue weighted by Gasteiger charge is -2.13. The smallest absolute Gasteiger partial charge is 0.322 e. The number of thioether (sulfide) groups is 1. The summed E-state index contributed by atoms with van der Waals surface area (Å²) >= 11 is 1.27. The first-order valence-corrected chi connectivity index (χ1v) is 8.05. The van der Waals surface area contributed by atoms with Crippen molar-refractivity contribution in [3.8, 4) is 0 Å². The predicted octanol–water partition coefficient (Wildman–Crippen LogP) is 1.09. The van der Waals surface area contributed by atoms with Crippen LogP contribution < -0.4 is 4.72 Å². The van der Waals surface area contributed by atoms with Crippen molar-refractivity contribution < 1.29 is 18.3 Å². The number of rotatable bonds is 6. The number of carboxylic acids is 1. The summed E-state index contributed by atoms with van der Waals surface area (Å²) in [6.45, 7) is 1.84. The van der Waals surface area contributed by atoms with E-state index in [0.29, 0.717) is 0 Å². The molecule has 0 aliphatic rings. The number of carboxylic acid groups (broad SMARTS) is 1. The van der Waals surface area contributed by atoms with Crippen LogP contribution in [0, 0.1) is 6.92 Å². The normalized spacial score (nSPS) is 13.2. The van der Waals surface area contributed by atoms with Crippen LogP contribution in [0.3, 0.4) is 0 Å². The average Bonchev–Trinajstić information content (AvgIpc) is 2.28. The van der Waals surface area contributed by atoms with Gasteiger partial charge < -0.3 is 5.11 Å². The first-order chi connectivity index (χ1) is 8.36. The fraction of sp³-hybridized carbons (Fsp3) is 0.364. The van der Waals surface area contributed by atoms with E-state index in [-0.39, 0.29) is 10.6 Å². The molecule has 0 fully saturated rings. The molecule has 0 aliphatic carbocycles. The zero-order chi connectivity index (χ0) is 13.8. The molecule has 1 aromatic rings. The van der Waals surface area contributed by atoms with Crippen LogP contribution >= 0.6 is 11.8 Å². The summed E-state index contributed by atoms with van der Waals surface area (Å²) in [5.41, 5.74) is 0.938. The Hall–Kier alpha value is -1.05. The standard InChI is InChI=1S/C11H15NO4S2/c1-8-3-5-9(6-4-8)18(15,16)12-10(7-17-2)11(13)14/h3-6,10,12H,7H2,1-2H3,(H,13,14)/t10-/m1/s1. The van der Waals surface area contributed by atoms with Crippen LogP contribution in [-0.2, 0) is 14.8 Å². The molecule has 0 bridgehead atoms. The van der Waals surface area contributed by atoms with Gasteiger partial charge in [0.05, 0.1) is 4.90 Å². The van der Waals surface area contributed by atoms with Crippen LogP contribution in [-0.4, -0.2) is 37.5 Å². The summed E-state index contributed by atoms with van der Waals surface area (Å²) in [5, 5.41) is 8.92. The lowest BCUT2D eigenvalue weighted by atomic mass is 10.2. The molecule has 5 nitrogen and oxygen atoms in total. The molecule has 0 heterocycles. The van der Waals surface area contributed by atoms with Gasteiger partial charge in [0.15, 0.2) is 0 Å². The minimum atomic E-state index is -3.79. The molecule has 1 atom stereocenters. The Morgan fingerprint density at radius 2 is 1.94 bits per heavy atom. The molecule has 0 radical (unpaired) electrons. The fourth-order valence-corrected chi connectivity index (χ4v) is 3.15. The number of aryl methyl sites for hydroxylation is 1. The summed E-state index contributed by atoms with van der Waals surface area (Å²) in [6, 6.07) is 5.12. The third-order valence-electron chi connectivity index (χ3n) is 2.26. The molecule has 7 heteroatoms. The molecule has 1 aromatic carbocycles. The van der Waals surface area contributed by atoms with Crippen LogP contribution in [0.1, 0.15) is 5.56 Å². The summed E-state index contributed by atoms with van der Waals surface area (Å²) in [5.74, 6) is -1.000. The van der Waals surface area contributed by atoms with E-state index in [1.165, 1.54) is 23.9 Å². The van der Waals surface area contributed by atoms with E-state index >= 15 is 0 Å². The van der Waals surface area contributed by atoms with E-state index in [4.69, 9.17) is 5.11 Å². The third kappa shape index (κ3) is 4.01. The van der Waals surface area contributed by atoms with Gasteiger partial charge in [0.25, 0.3) is 0 Å². The van der Waals surface area contributed by atoms with Gasteiger partial charge in [-0.2, -0.15) is 16.5 Å². The highest BCUT2D eigenvalue weighted by Crippen LogP contribution is 2.11. The van der Waals surface area contributed by atoms with Crippen LogP contribution in [0.2, 0.25) is 0 Å². The van der Waals surface area contributed by atoms with E-state index in [1.54, 1.807) is 18.4 Å². The average molecular weight is 289 g/mol. The second kappa shape index (κ2) is 6.21. The summed E-state index contributed by atoms with van der Waals surface area (Å²) in [6.07, 6.45) is 1.72. The molecular formula is C11H15NO4S2. The first-order valence-electron chi connectivity index (χ1n) is 5.17. The maximum Gasteiger partial charge on any atom is 0.322 e. The van der Waals surface area contributed by atoms with Gasteiger partial charge in [0.1, 0.15) is 6.04 Å². The van der Waals surface area contributed by atoms with E-state index in [9.17, 15) is 13.2 Å². The van der Waals surface area contributed by atoms with E-state index in [0.717, 1.165) is 5.56 Å². The highest BCUT2D eigenvalue weighted by molar-refractivity contribution is 7.98. The molecule has 0 spiro atoms. The summed E-state index contributed by atoms with van der Waals surface area (Å²) < 4.78 is 26.1. The largest absolute Gasteiger partial charge is 0.480 e. The van der Waals surface area contributed by atoms with Gasteiger partial charge in [-0.15, -0.1) is 0 Å². The second-order valence-electron chi connectivity index (χ2n) is 3.78. The second-order valence-corrected chi connectivity index (χ2v) is 6.41. The fourth-order valence-electron chi connectivity index (χ4n) is 1.30. The minimum absolute atomic E-state index is 0.0699. The van der Waals surface area contributed by atoms with Crippen LogP contribution in [0.25, 0.3) is 0 Å². The molecule has 0 amide bonds. The van der Waals surface area contributed by atoms with Gasteiger partial charge in [-0.25, -0.2) is 8.42 Å². The topological polar surface area (TPSA) is 83.5 Å². The van der Waals surface area contributed by atoms with E-state index in [2.05, 4.69) is 4.72 Å². The first kappa shape index (κ1) is 15.0. The number of carbonyl (C=O) groups is 1. The van der Waals surface area contributed by atoms with Gasteiger partial charge in [0.2, 0.25) is 10.0 Å². The van der Waals surface area contributed by atoms with Crippen molar-refractivity contribution >= 4 is 27.8 Å². The number of hydrogen-bond acceptors (Lipinski definition) is 4. The van der Waals surface area contributed by atoms with Gasteiger partial charge in [-0.3, -0.25) is 4.79 Å². The lowest BCUT2D eigenvalue weighted by molar-refractivity contribution is -0.138. The van der Waals surface area contributed by atoms with Crippen LogP contribution in [0.15, 0.2) is 29.2 Å². The molecule has 0 saturated carbocycles. The van der Waals surface area contributed by atoms with Crippen molar-refractivity contribution in [2.24, 2.45) is 0 Å². The number of aliphatic carboxylic acids is 1. The molecule has 18 heavy (non-hydrogen) atoms. The van der Waals surface area contributed by atoms with Crippen molar-refractivity contribution in [3.63, 3.8) is 0 Å². The van der Waals surface area contributed by atoms with Gasteiger partial charge >= 0.3 is 5.97 Å². The molecule has 2 N–H and O–H groups in total. The van der Waals surface area contributed by atoms with Gasteiger partial charge in [-0.05, 0) is 25.3 Å². The summed E-state index contributed by atoms with van der Waals surface area (Å²) in [4.78, 5) is 11.0. The highest BCUT2D eigenvalue weighted by Gasteiger charge is 2.24. The zero-order valence-electron chi connectivity index (χ0n) is 10.1. The Labute approximate surface area is 111 Å².